The summed E-state index contributed by atoms with van der Waals surface area (Å²) in [6.45, 7) is 8.78. The average Bonchev–Trinajstić information content (AvgIpc) is 2.48. The van der Waals surface area contributed by atoms with Crippen LogP contribution in [-0.2, 0) is 4.79 Å². The van der Waals surface area contributed by atoms with E-state index in [0.717, 1.165) is 0 Å². The molecule has 0 aliphatic heterocycles. The molecule has 1 aromatic carbocycles. The number of hydrogen-bond donors (Lipinski definition) is 2. The van der Waals surface area contributed by atoms with Crippen molar-refractivity contribution in [2.45, 2.75) is 40.2 Å². The molecule has 0 bridgehead atoms. The highest BCUT2D eigenvalue weighted by Crippen LogP contribution is 2.18. The molecule has 0 fully saturated rings. The first kappa shape index (κ1) is 18.2. The lowest BCUT2D eigenvalue weighted by atomic mass is 10.0. The van der Waals surface area contributed by atoms with Crippen molar-refractivity contribution in [1.29, 1.82) is 0 Å². The molecule has 2 N–H and O–H groups in total. The van der Waals surface area contributed by atoms with Crippen molar-refractivity contribution in [3.8, 4) is 0 Å². The van der Waals surface area contributed by atoms with Gasteiger partial charge in [0, 0.05) is 13.1 Å². The Labute approximate surface area is 132 Å². The molecule has 0 aliphatic carbocycles. The molecule has 0 aromatic heterocycles. The van der Waals surface area contributed by atoms with E-state index in [1.807, 2.05) is 27.7 Å². The Bertz CT molecular complexity index is 510. The van der Waals surface area contributed by atoms with E-state index in [1.165, 1.54) is 0 Å². The van der Waals surface area contributed by atoms with E-state index in [2.05, 4.69) is 5.32 Å². The van der Waals surface area contributed by atoms with Crippen LogP contribution in [0.3, 0.4) is 0 Å². The first-order valence-corrected chi connectivity index (χ1v) is 7.76. The minimum absolute atomic E-state index is 0.0123. The Morgan fingerprint density at radius 3 is 2.32 bits per heavy atom. The van der Waals surface area contributed by atoms with Crippen LogP contribution in [0, 0.1) is 5.92 Å². The highest BCUT2D eigenvalue weighted by Gasteiger charge is 2.19. The predicted molar refractivity (Wildman–Crippen MR) is 87.8 cm³/mol. The molecule has 0 radical (unpaired) electrons. The van der Waals surface area contributed by atoms with Gasteiger partial charge in [-0.15, -0.1) is 0 Å². The summed E-state index contributed by atoms with van der Waals surface area (Å²) in [5.41, 5.74) is 0.957. The molecule has 1 aromatic rings. The second kappa shape index (κ2) is 8.54. The monoisotopic (exact) mass is 306 g/mol. The lowest BCUT2D eigenvalue weighted by molar-refractivity contribution is -0.118. The predicted octanol–water partition coefficient (Wildman–Crippen LogP) is 2.51. The molecular weight excluding hydrogens is 280 g/mol. The second-order valence-electron chi connectivity index (χ2n) is 5.59. The van der Waals surface area contributed by atoms with Crippen LogP contribution >= 0.6 is 0 Å². The summed E-state index contributed by atoms with van der Waals surface area (Å²) >= 11 is 0. The number of aliphatic hydroxyl groups excluding tert-OH is 1. The zero-order valence-electron chi connectivity index (χ0n) is 13.8. The maximum atomic E-state index is 12.5. The highest BCUT2D eigenvalue weighted by molar-refractivity contribution is 6.03. The van der Waals surface area contributed by atoms with Crippen LogP contribution in [0.2, 0.25) is 0 Å². The van der Waals surface area contributed by atoms with E-state index >= 15 is 0 Å². The van der Waals surface area contributed by atoms with Crippen LogP contribution in [0.1, 0.15) is 44.5 Å². The number of anilines is 1. The number of amides is 2. The van der Waals surface area contributed by atoms with Gasteiger partial charge in [0.15, 0.2) is 0 Å². The zero-order chi connectivity index (χ0) is 16.7. The van der Waals surface area contributed by atoms with E-state index in [1.54, 1.807) is 29.2 Å². The summed E-state index contributed by atoms with van der Waals surface area (Å²) < 4.78 is 0. The largest absolute Gasteiger partial charge is 0.392 e. The van der Waals surface area contributed by atoms with Gasteiger partial charge in [-0.25, -0.2) is 0 Å². The van der Waals surface area contributed by atoms with Gasteiger partial charge in [-0.1, -0.05) is 26.0 Å². The number of para-hydroxylation sites is 1. The molecule has 0 heterocycles. The number of rotatable bonds is 7. The van der Waals surface area contributed by atoms with E-state index in [-0.39, 0.29) is 24.2 Å². The van der Waals surface area contributed by atoms with Gasteiger partial charge in [0.1, 0.15) is 0 Å². The third kappa shape index (κ3) is 4.84. The van der Waals surface area contributed by atoms with Crippen LogP contribution in [0.25, 0.3) is 0 Å². The summed E-state index contributed by atoms with van der Waals surface area (Å²) in [6.07, 6.45) is -0.670. The van der Waals surface area contributed by atoms with E-state index in [4.69, 9.17) is 0 Å². The molecule has 0 aliphatic rings. The fourth-order valence-electron chi connectivity index (χ4n) is 2.09. The Morgan fingerprint density at radius 1 is 1.18 bits per heavy atom. The van der Waals surface area contributed by atoms with Gasteiger partial charge in [0.25, 0.3) is 5.91 Å². The Morgan fingerprint density at radius 2 is 1.77 bits per heavy atom. The topological polar surface area (TPSA) is 69.6 Å². The Hall–Kier alpha value is -1.88. The number of nitrogens with one attached hydrogen (secondary N) is 1. The lowest BCUT2D eigenvalue weighted by Gasteiger charge is -2.21. The van der Waals surface area contributed by atoms with E-state index in [9.17, 15) is 14.7 Å². The number of aliphatic hydroxyl groups is 1. The standard InChI is InChI=1S/C17H26N2O3/c1-5-19(6-2)17(22)13-9-7-8-10-14(13)18-16(21)11-15(20)12(3)4/h7-10,12,15,20H,5-6,11H2,1-4H3,(H,18,21). The SMILES string of the molecule is CCN(CC)C(=O)c1ccccc1NC(=O)CC(O)C(C)C. The normalized spacial score (nSPS) is 12.1. The number of nitrogens with zero attached hydrogens (tertiary/aromatic N) is 1. The van der Waals surface area contributed by atoms with Gasteiger partial charge >= 0.3 is 0 Å². The molecule has 0 saturated heterocycles. The molecule has 5 nitrogen and oxygen atoms in total. The van der Waals surface area contributed by atoms with Crippen LogP contribution in [0.4, 0.5) is 5.69 Å². The third-order valence-corrected chi connectivity index (χ3v) is 3.65. The molecule has 1 rings (SSSR count). The molecular formula is C17H26N2O3. The number of hydrogen-bond acceptors (Lipinski definition) is 3. The first-order valence-electron chi connectivity index (χ1n) is 7.76. The number of benzene rings is 1. The Balaban J connectivity index is 2.88. The summed E-state index contributed by atoms with van der Waals surface area (Å²) in [7, 11) is 0. The zero-order valence-corrected chi connectivity index (χ0v) is 13.8. The van der Waals surface area contributed by atoms with Crippen molar-refractivity contribution in [2.24, 2.45) is 5.92 Å². The summed E-state index contributed by atoms with van der Waals surface area (Å²) in [5, 5.41) is 12.5. The third-order valence-electron chi connectivity index (χ3n) is 3.65. The lowest BCUT2D eigenvalue weighted by Crippen LogP contribution is -2.31. The Kier molecular flexibility index (Phi) is 7.05. The van der Waals surface area contributed by atoms with Crippen LogP contribution in [-0.4, -0.2) is 41.0 Å². The maximum Gasteiger partial charge on any atom is 0.255 e. The van der Waals surface area contributed by atoms with Crippen molar-refractivity contribution in [3.05, 3.63) is 29.8 Å². The molecule has 1 atom stereocenters. The molecule has 122 valence electrons. The molecule has 22 heavy (non-hydrogen) atoms. The first-order chi connectivity index (χ1) is 10.4. The van der Waals surface area contributed by atoms with E-state index in [0.29, 0.717) is 24.3 Å². The summed E-state index contributed by atoms with van der Waals surface area (Å²) in [4.78, 5) is 26.2. The van der Waals surface area contributed by atoms with Crippen LogP contribution in [0.5, 0.6) is 0 Å². The van der Waals surface area contributed by atoms with Gasteiger partial charge in [-0.3, -0.25) is 9.59 Å². The van der Waals surface area contributed by atoms with Gasteiger partial charge in [-0.2, -0.15) is 0 Å². The van der Waals surface area contributed by atoms with Gasteiger partial charge in [0.05, 0.1) is 23.8 Å². The van der Waals surface area contributed by atoms with Gasteiger partial charge < -0.3 is 15.3 Å². The van der Waals surface area contributed by atoms with Gasteiger partial charge in [0.2, 0.25) is 5.91 Å². The molecule has 2 amide bonds. The quantitative estimate of drug-likeness (QED) is 0.813. The van der Waals surface area contributed by atoms with Crippen molar-refractivity contribution >= 4 is 17.5 Å². The average molecular weight is 306 g/mol. The van der Waals surface area contributed by atoms with Crippen molar-refractivity contribution in [3.63, 3.8) is 0 Å². The minimum Gasteiger partial charge on any atom is -0.392 e. The fraction of sp³-hybridized carbons (Fsp3) is 0.529. The second-order valence-corrected chi connectivity index (χ2v) is 5.59. The molecule has 5 heteroatoms. The molecule has 0 saturated carbocycles. The fourth-order valence-corrected chi connectivity index (χ4v) is 2.09. The number of carbonyl (C=O) groups excluding carboxylic acids is 2. The van der Waals surface area contributed by atoms with Crippen LogP contribution in [0.15, 0.2) is 24.3 Å². The van der Waals surface area contributed by atoms with Crippen molar-refractivity contribution < 1.29 is 14.7 Å². The van der Waals surface area contributed by atoms with E-state index < -0.39 is 6.10 Å². The summed E-state index contributed by atoms with van der Waals surface area (Å²) in [6, 6.07) is 6.95. The summed E-state index contributed by atoms with van der Waals surface area (Å²) in [5.74, 6) is -0.385. The van der Waals surface area contributed by atoms with Crippen molar-refractivity contribution in [1.82, 2.24) is 4.90 Å². The van der Waals surface area contributed by atoms with Gasteiger partial charge in [-0.05, 0) is 31.9 Å². The number of carbonyl (C=O) groups is 2. The molecule has 0 spiro atoms. The minimum atomic E-state index is -0.689. The molecule has 1 unspecified atom stereocenters. The maximum absolute atomic E-state index is 12.5. The van der Waals surface area contributed by atoms with Crippen molar-refractivity contribution in [2.75, 3.05) is 18.4 Å². The highest BCUT2D eigenvalue weighted by atomic mass is 16.3. The smallest absolute Gasteiger partial charge is 0.255 e. The van der Waals surface area contributed by atoms with Crippen LogP contribution < -0.4 is 5.32 Å².